The highest BCUT2D eigenvalue weighted by Crippen LogP contribution is 2.71. The van der Waals surface area contributed by atoms with E-state index in [1.807, 2.05) is 6.92 Å². The minimum Gasteiger partial charge on any atom is -0.394 e. The summed E-state index contributed by atoms with van der Waals surface area (Å²) in [4.78, 5) is 0. The molecule has 3 saturated carbocycles. The van der Waals surface area contributed by atoms with Gasteiger partial charge in [-0.1, -0.05) is 39.3 Å². The minimum absolute atomic E-state index is 0.0284. The largest absolute Gasteiger partial charge is 0.394 e. The summed E-state index contributed by atoms with van der Waals surface area (Å²) in [6.45, 7) is 10.4. The third-order valence-corrected chi connectivity index (χ3v) is 15.8. The normalized spacial score (nSPS) is 59.5. The van der Waals surface area contributed by atoms with Crippen molar-refractivity contribution in [2.24, 2.45) is 46.3 Å². The van der Waals surface area contributed by atoms with E-state index in [0.29, 0.717) is 37.7 Å². The molecule has 8 N–H and O–H groups in total. The lowest BCUT2D eigenvalue weighted by Gasteiger charge is -2.60. The van der Waals surface area contributed by atoms with Crippen LogP contribution in [-0.4, -0.2) is 146 Å². The Balaban J connectivity index is 1.000. The molecule has 0 aromatic rings. The van der Waals surface area contributed by atoms with Gasteiger partial charge in [0, 0.05) is 30.1 Å². The molecule has 14 nitrogen and oxygen atoms in total. The topological polar surface area (TPSA) is 217 Å². The second-order valence-corrected chi connectivity index (χ2v) is 18.5. The van der Waals surface area contributed by atoms with Gasteiger partial charge in [-0.25, -0.2) is 0 Å². The van der Waals surface area contributed by atoms with Crippen molar-refractivity contribution in [3.05, 3.63) is 11.6 Å². The smallest absolute Gasteiger partial charge is 0.186 e. The lowest BCUT2D eigenvalue weighted by Crippen LogP contribution is -2.61. The van der Waals surface area contributed by atoms with Gasteiger partial charge >= 0.3 is 0 Å². The van der Waals surface area contributed by atoms with Gasteiger partial charge in [0.2, 0.25) is 0 Å². The highest BCUT2D eigenvalue weighted by Gasteiger charge is 2.70. The predicted molar refractivity (Wildman–Crippen MR) is 184 cm³/mol. The molecule has 0 bridgehead atoms. The lowest BCUT2D eigenvalue weighted by molar-refractivity contribution is -0.344. The molecule has 4 aliphatic heterocycles. The van der Waals surface area contributed by atoms with Crippen molar-refractivity contribution < 1.29 is 69.3 Å². The molecule has 302 valence electrons. The summed E-state index contributed by atoms with van der Waals surface area (Å²) in [6, 6.07) is 0. The van der Waals surface area contributed by atoms with Crippen LogP contribution in [0.1, 0.15) is 79.6 Å². The zero-order chi connectivity index (χ0) is 37.9. The third kappa shape index (κ3) is 5.95. The SMILES string of the molecule is CC1COC2(CC1OC1OC(CO)C(O)C(O)C1O)OC1CC3C4CC=C5CC(O)CC(OC6OC(C)C(O)C(O)C6O)C5(C)C4CCC3(C)C1C2C. The molecule has 0 radical (unpaired) electrons. The molecule has 4 aliphatic carbocycles. The van der Waals surface area contributed by atoms with Gasteiger partial charge in [0.1, 0.15) is 42.7 Å². The Morgan fingerprint density at radius 3 is 2.25 bits per heavy atom. The maximum absolute atomic E-state index is 11.0. The first-order valence-corrected chi connectivity index (χ1v) is 20.0. The Hall–Kier alpha value is -0.820. The predicted octanol–water partition coefficient (Wildman–Crippen LogP) is 0.332. The van der Waals surface area contributed by atoms with E-state index < -0.39 is 97.5 Å². The summed E-state index contributed by atoms with van der Waals surface area (Å²) in [5.41, 5.74) is 0.737. The molecular weight excluding hydrogens is 692 g/mol. The fraction of sp³-hybridized carbons (Fsp3) is 0.949. The number of hydrogen-bond acceptors (Lipinski definition) is 14. The van der Waals surface area contributed by atoms with E-state index in [-0.39, 0.29) is 35.2 Å². The van der Waals surface area contributed by atoms with E-state index in [9.17, 15) is 40.9 Å². The van der Waals surface area contributed by atoms with E-state index >= 15 is 0 Å². The van der Waals surface area contributed by atoms with Gasteiger partial charge in [0.15, 0.2) is 18.4 Å². The number of fused-ring (bicyclic) bond motifs is 7. The Labute approximate surface area is 311 Å². The monoisotopic (exact) mass is 754 g/mol. The molecule has 23 unspecified atom stereocenters. The quantitative estimate of drug-likeness (QED) is 0.178. The van der Waals surface area contributed by atoms with Gasteiger partial charge in [-0.2, -0.15) is 0 Å². The average molecular weight is 755 g/mol. The van der Waals surface area contributed by atoms with E-state index in [1.54, 1.807) is 6.92 Å². The summed E-state index contributed by atoms with van der Waals surface area (Å²) in [5.74, 6) is 0.284. The van der Waals surface area contributed by atoms with Crippen molar-refractivity contribution in [1.82, 2.24) is 0 Å². The van der Waals surface area contributed by atoms with E-state index in [0.717, 1.165) is 25.7 Å². The highest BCUT2D eigenvalue weighted by atomic mass is 16.7. The zero-order valence-electron chi connectivity index (χ0n) is 31.5. The van der Waals surface area contributed by atoms with Crippen LogP contribution in [0, 0.1) is 46.3 Å². The maximum Gasteiger partial charge on any atom is 0.186 e. The van der Waals surface area contributed by atoms with Crippen LogP contribution in [0.4, 0.5) is 0 Å². The summed E-state index contributed by atoms with van der Waals surface area (Å²) in [5, 5.41) is 83.8. The molecule has 23 atom stereocenters. The first kappa shape index (κ1) is 39.0. The Morgan fingerprint density at radius 2 is 1.53 bits per heavy atom. The highest BCUT2D eigenvalue weighted by molar-refractivity contribution is 5.29. The molecule has 7 fully saturated rings. The van der Waals surface area contributed by atoms with Crippen LogP contribution in [0.3, 0.4) is 0 Å². The van der Waals surface area contributed by atoms with Crippen molar-refractivity contribution in [3.8, 4) is 0 Å². The van der Waals surface area contributed by atoms with Gasteiger partial charge in [-0.3, -0.25) is 0 Å². The maximum atomic E-state index is 11.0. The van der Waals surface area contributed by atoms with Crippen LogP contribution in [-0.2, 0) is 28.4 Å². The van der Waals surface area contributed by atoms with Crippen molar-refractivity contribution in [3.63, 3.8) is 0 Å². The standard InChI is InChI=1S/C39H62O14/c1-16-15-48-39(13-25(16)50-36-34(47)32(45)30(43)26(14-40)51-36)17(2)28-24(53-39)12-23-21-7-6-19-10-20(41)11-27(38(19,5)22(21)8-9-37(23,28)4)52-35-33(46)31(44)29(42)18(3)49-35/h6,16-18,20-36,40-47H,7-15H2,1-5H3. The van der Waals surface area contributed by atoms with Crippen LogP contribution >= 0.6 is 0 Å². The van der Waals surface area contributed by atoms with Crippen LogP contribution in [0.15, 0.2) is 11.6 Å². The Morgan fingerprint density at radius 1 is 0.830 bits per heavy atom. The number of allylic oxidation sites excluding steroid dienone is 1. The van der Waals surface area contributed by atoms with Gasteiger partial charge in [0.25, 0.3) is 0 Å². The van der Waals surface area contributed by atoms with Crippen LogP contribution in [0.2, 0.25) is 0 Å². The van der Waals surface area contributed by atoms with Crippen molar-refractivity contribution in [2.75, 3.05) is 13.2 Å². The third-order valence-electron chi connectivity index (χ3n) is 15.8. The summed E-state index contributed by atoms with van der Waals surface area (Å²) in [6.07, 6.45) is -6.75. The minimum atomic E-state index is -1.52. The molecule has 8 rings (SSSR count). The van der Waals surface area contributed by atoms with Crippen LogP contribution in [0.5, 0.6) is 0 Å². The molecular formula is C39H62O14. The summed E-state index contributed by atoms with van der Waals surface area (Å²) >= 11 is 0. The average Bonchev–Trinajstić information content (AvgIpc) is 3.57. The van der Waals surface area contributed by atoms with Crippen molar-refractivity contribution in [2.45, 2.75) is 171 Å². The zero-order valence-corrected chi connectivity index (χ0v) is 31.5. The number of hydrogen-bond donors (Lipinski definition) is 8. The summed E-state index contributed by atoms with van der Waals surface area (Å²) < 4.78 is 38.2. The van der Waals surface area contributed by atoms with Crippen molar-refractivity contribution in [1.29, 1.82) is 0 Å². The molecule has 1 spiro atoms. The van der Waals surface area contributed by atoms with E-state index in [2.05, 4.69) is 26.8 Å². The Bertz CT molecular complexity index is 1380. The number of aliphatic hydroxyl groups is 8. The molecule has 0 amide bonds. The molecule has 14 heteroatoms. The van der Waals surface area contributed by atoms with Gasteiger partial charge < -0.3 is 69.3 Å². The fourth-order valence-electron chi connectivity index (χ4n) is 12.7. The lowest BCUT2D eigenvalue weighted by atomic mass is 9.46. The first-order chi connectivity index (χ1) is 25.0. The molecule has 4 saturated heterocycles. The number of ether oxygens (including phenoxy) is 6. The molecule has 4 heterocycles. The second-order valence-electron chi connectivity index (χ2n) is 18.5. The molecule has 0 aromatic heterocycles. The first-order valence-electron chi connectivity index (χ1n) is 20.0. The number of aliphatic hydroxyl groups excluding tert-OH is 8. The van der Waals surface area contributed by atoms with Gasteiger partial charge in [0.05, 0.1) is 43.7 Å². The molecule has 53 heavy (non-hydrogen) atoms. The fourth-order valence-corrected chi connectivity index (χ4v) is 12.7. The van der Waals surface area contributed by atoms with E-state index in [1.165, 1.54) is 5.57 Å². The number of rotatable bonds is 5. The van der Waals surface area contributed by atoms with Crippen LogP contribution < -0.4 is 0 Å². The van der Waals surface area contributed by atoms with Crippen LogP contribution in [0.25, 0.3) is 0 Å². The van der Waals surface area contributed by atoms with Gasteiger partial charge in [-0.15, -0.1) is 0 Å². The molecule has 0 aromatic carbocycles. The second kappa shape index (κ2) is 13.9. The van der Waals surface area contributed by atoms with Gasteiger partial charge in [-0.05, 0) is 68.1 Å². The molecule has 8 aliphatic rings. The summed E-state index contributed by atoms with van der Waals surface area (Å²) in [7, 11) is 0. The Kier molecular flexibility index (Phi) is 10.3. The van der Waals surface area contributed by atoms with E-state index in [4.69, 9.17) is 28.4 Å². The van der Waals surface area contributed by atoms with Crippen molar-refractivity contribution >= 4 is 0 Å².